The standard InChI is InChI=1S/C19H21N3O2S2/c23-18(20-8-3-9-22-10-12-24-13-11-22)16-6-7-17(25-16)19-21-14-4-1-2-5-15(14)26-19/h1-2,4-7H,3,8-13H2,(H,20,23)/p+1. The number of quaternary nitrogens is 1. The Morgan fingerprint density at radius 3 is 2.85 bits per heavy atom. The van der Waals surface area contributed by atoms with Crippen molar-refractivity contribution in [1.82, 2.24) is 10.3 Å². The Morgan fingerprint density at radius 1 is 1.15 bits per heavy atom. The minimum absolute atomic E-state index is 0.0133. The maximum atomic E-state index is 12.4. The van der Waals surface area contributed by atoms with Crippen LogP contribution in [0.4, 0.5) is 0 Å². The zero-order valence-electron chi connectivity index (χ0n) is 14.5. The van der Waals surface area contributed by atoms with Crippen LogP contribution >= 0.6 is 22.7 Å². The Labute approximate surface area is 160 Å². The van der Waals surface area contributed by atoms with Gasteiger partial charge in [-0.05, 0) is 24.3 Å². The fourth-order valence-corrected chi connectivity index (χ4v) is 5.03. The molecule has 3 heterocycles. The summed E-state index contributed by atoms with van der Waals surface area (Å²) in [7, 11) is 0. The van der Waals surface area contributed by atoms with Crippen molar-refractivity contribution in [2.45, 2.75) is 6.42 Å². The zero-order chi connectivity index (χ0) is 17.8. The van der Waals surface area contributed by atoms with Gasteiger partial charge >= 0.3 is 0 Å². The molecule has 0 atom stereocenters. The first kappa shape index (κ1) is 17.6. The van der Waals surface area contributed by atoms with E-state index in [0.29, 0.717) is 0 Å². The summed E-state index contributed by atoms with van der Waals surface area (Å²) >= 11 is 3.18. The van der Waals surface area contributed by atoms with Crippen LogP contribution in [0.3, 0.4) is 0 Å². The molecular weight excluding hydrogens is 366 g/mol. The summed E-state index contributed by atoms with van der Waals surface area (Å²) < 4.78 is 6.54. The molecule has 0 spiro atoms. The van der Waals surface area contributed by atoms with E-state index in [1.165, 1.54) is 16.0 Å². The number of hydrogen-bond acceptors (Lipinski definition) is 5. The number of thiophene rings is 1. The van der Waals surface area contributed by atoms with Crippen molar-refractivity contribution >= 4 is 38.8 Å². The Bertz CT molecular complexity index is 851. The van der Waals surface area contributed by atoms with Gasteiger partial charge in [-0.2, -0.15) is 0 Å². The Hall–Kier alpha value is -1.80. The van der Waals surface area contributed by atoms with Gasteiger partial charge in [0.05, 0.1) is 39.7 Å². The summed E-state index contributed by atoms with van der Waals surface area (Å²) in [6.45, 7) is 5.66. The number of hydrogen-bond donors (Lipinski definition) is 2. The molecule has 0 saturated carbocycles. The molecule has 1 saturated heterocycles. The fraction of sp³-hybridized carbons (Fsp3) is 0.368. The molecule has 1 aromatic carbocycles. The third kappa shape index (κ3) is 4.12. The molecular formula is C19H22N3O2S2+. The molecule has 1 amide bonds. The van der Waals surface area contributed by atoms with Crippen LogP contribution in [0.2, 0.25) is 0 Å². The van der Waals surface area contributed by atoms with E-state index in [1.807, 2.05) is 30.3 Å². The van der Waals surface area contributed by atoms with Gasteiger partial charge in [-0.3, -0.25) is 4.79 Å². The minimum atomic E-state index is 0.0133. The van der Waals surface area contributed by atoms with Gasteiger partial charge < -0.3 is 15.0 Å². The third-order valence-electron chi connectivity index (χ3n) is 4.53. The van der Waals surface area contributed by atoms with Gasteiger partial charge in [-0.1, -0.05) is 12.1 Å². The third-order valence-corrected chi connectivity index (χ3v) is 6.82. The monoisotopic (exact) mass is 388 g/mol. The van der Waals surface area contributed by atoms with Gasteiger partial charge in [0, 0.05) is 13.0 Å². The highest BCUT2D eigenvalue weighted by molar-refractivity contribution is 7.26. The number of nitrogens with zero attached hydrogens (tertiary/aromatic N) is 1. The number of thiazole rings is 1. The number of aromatic nitrogens is 1. The second-order valence-corrected chi connectivity index (χ2v) is 8.49. The number of carbonyl (C=O) groups excluding carboxylic acids is 1. The predicted molar refractivity (Wildman–Crippen MR) is 106 cm³/mol. The lowest BCUT2D eigenvalue weighted by atomic mass is 10.3. The number of fused-ring (bicyclic) bond motifs is 1. The number of ether oxygens (including phenoxy) is 1. The van der Waals surface area contributed by atoms with E-state index in [1.54, 1.807) is 16.2 Å². The molecule has 4 rings (SSSR count). The molecule has 26 heavy (non-hydrogen) atoms. The Kier molecular flexibility index (Phi) is 5.59. The Morgan fingerprint density at radius 2 is 2.00 bits per heavy atom. The second kappa shape index (κ2) is 8.26. The van der Waals surface area contributed by atoms with Crippen molar-refractivity contribution in [3.63, 3.8) is 0 Å². The quantitative estimate of drug-likeness (QED) is 0.636. The van der Waals surface area contributed by atoms with Gasteiger partial charge in [0.25, 0.3) is 5.91 Å². The summed E-state index contributed by atoms with van der Waals surface area (Å²) in [6.07, 6.45) is 0.997. The number of amides is 1. The number of para-hydroxylation sites is 1. The first-order valence-corrected chi connectivity index (χ1v) is 10.6. The number of carbonyl (C=O) groups is 1. The predicted octanol–water partition coefficient (Wildman–Crippen LogP) is 2.06. The summed E-state index contributed by atoms with van der Waals surface area (Å²) in [5.74, 6) is 0.0133. The first-order valence-electron chi connectivity index (χ1n) is 8.95. The van der Waals surface area contributed by atoms with Gasteiger partial charge in [-0.25, -0.2) is 4.98 Å². The number of rotatable bonds is 6. The highest BCUT2D eigenvalue weighted by Gasteiger charge is 2.15. The van der Waals surface area contributed by atoms with Gasteiger partial charge in [0.15, 0.2) is 0 Å². The highest BCUT2D eigenvalue weighted by Crippen LogP contribution is 2.34. The van der Waals surface area contributed by atoms with Crippen LogP contribution in [-0.2, 0) is 4.74 Å². The molecule has 0 aliphatic carbocycles. The van der Waals surface area contributed by atoms with E-state index in [9.17, 15) is 4.79 Å². The molecule has 0 bridgehead atoms. The summed E-state index contributed by atoms with van der Waals surface area (Å²) in [5, 5.41) is 4.02. The highest BCUT2D eigenvalue weighted by atomic mass is 32.1. The largest absolute Gasteiger partial charge is 0.370 e. The van der Waals surface area contributed by atoms with Crippen LogP contribution in [-0.4, -0.2) is 50.3 Å². The van der Waals surface area contributed by atoms with Crippen LogP contribution in [0.15, 0.2) is 36.4 Å². The maximum Gasteiger partial charge on any atom is 0.261 e. The lowest BCUT2D eigenvalue weighted by Crippen LogP contribution is -3.14. The maximum absolute atomic E-state index is 12.4. The van der Waals surface area contributed by atoms with Crippen molar-refractivity contribution in [2.24, 2.45) is 0 Å². The molecule has 1 aliphatic heterocycles. The minimum Gasteiger partial charge on any atom is -0.370 e. The molecule has 0 unspecified atom stereocenters. The molecule has 1 fully saturated rings. The number of benzene rings is 1. The smallest absolute Gasteiger partial charge is 0.261 e. The summed E-state index contributed by atoms with van der Waals surface area (Å²) in [5.41, 5.74) is 1.01. The molecule has 2 N–H and O–H groups in total. The Balaban J connectivity index is 1.31. The van der Waals surface area contributed by atoms with E-state index >= 15 is 0 Å². The molecule has 136 valence electrons. The second-order valence-electron chi connectivity index (χ2n) is 6.37. The summed E-state index contributed by atoms with van der Waals surface area (Å²) in [4.78, 5) is 20.4. The average molecular weight is 389 g/mol. The molecule has 3 aromatic rings. The summed E-state index contributed by atoms with van der Waals surface area (Å²) in [6, 6.07) is 12.0. The molecule has 1 aliphatic rings. The van der Waals surface area contributed by atoms with Crippen LogP contribution in [0, 0.1) is 0 Å². The molecule has 0 radical (unpaired) electrons. The normalized spacial score (nSPS) is 15.4. The van der Waals surface area contributed by atoms with Crippen molar-refractivity contribution in [1.29, 1.82) is 0 Å². The van der Waals surface area contributed by atoms with Crippen LogP contribution in [0.25, 0.3) is 20.1 Å². The number of nitrogens with one attached hydrogen (secondary N) is 2. The molecule has 5 nitrogen and oxygen atoms in total. The first-order chi connectivity index (χ1) is 12.8. The van der Waals surface area contributed by atoms with Crippen molar-refractivity contribution in [2.75, 3.05) is 39.4 Å². The van der Waals surface area contributed by atoms with Gasteiger partial charge in [0.2, 0.25) is 0 Å². The van der Waals surface area contributed by atoms with E-state index in [4.69, 9.17) is 4.74 Å². The average Bonchev–Trinajstić information content (AvgIpc) is 3.32. The van der Waals surface area contributed by atoms with Crippen LogP contribution in [0.5, 0.6) is 0 Å². The van der Waals surface area contributed by atoms with Crippen molar-refractivity contribution in [3.05, 3.63) is 41.3 Å². The zero-order valence-corrected chi connectivity index (χ0v) is 16.1. The van der Waals surface area contributed by atoms with Gasteiger partial charge in [0.1, 0.15) is 18.1 Å². The molecule has 7 heteroatoms. The molecule has 2 aromatic heterocycles. The lowest BCUT2D eigenvalue weighted by molar-refractivity contribution is -0.908. The van der Waals surface area contributed by atoms with E-state index in [0.717, 1.165) is 66.1 Å². The van der Waals surface area contributed by atoms with E-state index in [2.05, 4.69) is 16.4 Å². The van der Waals surface area contributed by atoms with Gasteiger partial charge in [-0.15, -0.1) is 22.7 Å². The van der Waals surface area contributed by atoms with E-state index < -0.39 is 0 Å². The van der Waals surface area contributed by atoms with Crippen molar-refractivity contribution < 1.29 is 14.4 Å². The van der Waals surface area contributed by atoms with Crippen LogP contribution in [0.1, 0.15) is 16.1 Å². The fourth-order valence-electron chi connectivity index (χ4n) is 3.09. The SMILES string of the molecule is O=C(NCCC[NH+]1CCOCC1)c1ccc(-c2nc3ccccc3s2)s1. The van der Waals surface area contributed by atoms with Crippen molar-refractivity contribution in [3.8, 4) is 9.88 Å². The lowest BCUT2D eigenvalue weighted by Gasteiger charge is -2.23. The number of morpholine rings is 1. The van der Waals surface area contributed by atoms with E-state index in [-0.39, 0.29) is 5.91 Å². The van der Waals surface area contributed by atoms with Crippen LogP contribution < -0.4 is 10.2 Å². The topological polar surface area (TPSA) is 55.7 Å².